The minimum atomic E-state index is -0.417. The molecule has 3 heterocycles. The standard InChI is InChI=1S/C23H19Cl3N4OS/c1-13-20(22(31)29-10-11-32-23(29)14-2-5-16(24)6-3-14)21(30-19(28-13)8-9-27-30)15-4-7-17(25)18(26)12-15/h2-9,12,21,23,28H,10-11H2,1H3. The average Bonchev–Trinajstić information content (AvgIpc) is 3.44. The number of halogens is 3. The Balaban J connectivity index is 1.57. The lowest BCUT2D eigenvalue weighted by molar-refractivity contribution is -0.127. The summed E-state index contributed by atoms with van der Waals surface area (Å²) < 4.78 is 1.82. The summed E-state index contributed by atoms with van der Waals surface area (Å²) in [7, 11) is 0. The highest BCUT2D eigenvalue weighted by Gasteiger charge is 2.39. The molecule has 5 rings (SSSR count). The van der Waals surface area contributed by atoms with Crippen molar-refractivity contribution in [3.63, 3.8) is 0 Å². The molecule has 1 N–H and O–H groups in total. The maximum atomic E-state index is 14.0. The summed E-state index contributed by atoms with van der Waals surface area (Å²) in [6.07, 6.45) is 1.72. The van der Waals surface area contributed by atoms with Gasteiger partial charge in [-0.05, 0) is 42.3 Å². The zero-order valence-electron chi connectivity index (χ0n) is 17.1. The second kappa shape index (κ2) is 8.67. The van der Waals surface area contributed by atoms with Crippen LogP contribution in [-0.2, 0) is 4.79 Å². The van der Waals surface area contributed by atoms with Crippen molar-refractivity contribution in [3.05, 3.63) is 92.2 Å². The van der Waals surface area contributed by atoms with Crippen LogP contribution in [0.1, 0.15) is 29.5 Å². The van der Waals surface area contributed by atoms with Crippen LogP contribution in [0.25, 0.3) is 0 Å². The topological polar surface area (TPSA) is 50.2 Å². The van der Waals surface area contributed by atoms with Crippen LogP contribution in [0.15, 0.2) is 66.0 Å². The van der Waals surface area contributed by atoms with Crippen LogP contribution in [-0.4, -0.2) is 32.9 Å². The first kappa shape index (κ1) is 21.7. The molecule has 5 nitrogen and oxygen atoms in total. The van der Waals surface area contributed by atoms with Crippen molar-refractivity contribution in [3.8, 4) is 0 Å². The van der Waals surface area contributed by atoms with Crippen molar-refractivity contribution in [1.82, 2.24) is 14.7 Å². The van der Waals surface area contributed by atoms with E-state index in [0.29, 0.717) is 27.2 Å². The molecule has 1 saturated heterocycles. The number of hydrogen-bond donors (Lipinski definition) is 1. The maximum Gasteiger partial charge on any atom is 0.255 e. The normalized spacial score (nSPS) is 20.3. The molecule has 2 aliphatic heterocycles. The third-order valence-electron chi connectivity index (χ3n) is 5.70. The zero-order valence-corrected chi connectivity index (χ0v) is 20.1. The summed E-state index contributed by atoms with van der Waals surface area (Å²) in [6.45, 7) is 2.59. The third-order valence-corrected chi connectivity index (χ3v) is 7.96. The summed E-state index contributed by atoms with van der Waals surface area (Å²) in [5.74, 6) is 1.65. The molecule has 2 aromatic carbocycles. The molecule has 0 spiro atoms. The predicted molar refractivity (Wildman–Crippen MR) is 132 cm³/mol. The smallest absolute Gasteiger partial charge is 0.255 e. The van der Waals surface area contributed by atoms with Crippen molar-refractivity contribution in [2.75, 3.05) is 17.6 Å². The number of fused-ring (bicyclic) bond motifs is 1. The fraction of sp³-hybridized carbons (Fsp3) is 0.217. The van der Waals surface area contributed by atoms with Gasteiger partial charge < -0.3 is 10.2 Å². The summed E-state index contributed by atoms with van der Waals surface area (Å²) in [5, 5.41) is 9.34. The minimum absolute atomic E-state index is 0.0304. The van der Waals surface area contributed by atoms with Crippen LogP contribution in [0.4, 0.5) is 5.82 Å². The van der Waals surface area contributed by atoms with Gasteiger partial charge in [-0.3, -0.25) is 4.79 Å². The fourth-order valence-corrected chi connectivity index (χ4v) is 5.90. The number of carbonyl (C=O) groups excluding carboxylic acids is 1. The Morgan fingerprint density at radius 3 is 2.56 bits per heavy atom. The monoisotopic (exact) mass is 504 g/mol. The number of rotatable bonds is 3. The molecular weight excluding hydrogens is 487 g/mol. The van der Waals surface area contributed by atoms with Gasteiger partial charge >= 0.3 is 0 Å². The molecule has 32 heavy (non-hydrogen) atoms. The Hall–Kier alpha value is -2.12. The van der Waals surface area contributed by atoms with Crippen molar-refractivity contribution in [1.29, 1.82) is 0 Å². The lowest BCUT2D eigenvalue weighted by Gasteiger charge is -2.33. The van der Waals surface area contributed by atoms with Gasteiger partial charge in [-0.25, -0.2) is 4.68 Å². The molecule has 0 saturated carbocycles. The number of nitrogens with zero attached hydrogens (tertiary/aromatic N) is 3. The second-order valence-electron chi connectivity index (χ2n) is 7.67. The van der Waals surface area contributed by atoms with Crippen molar-refractivity contribution < 1.29 is 4.79 Å². The maximum absolute atomic E-state index is 14.0. The molecule has 0 aliphatic carbocycles. The van der Waals surface area contributed by atoms with Gasteiger partial charge in [-0.15, -0.1) is 11.8 Å². The summed E-state index contributed by atoms with van der Waals surface area (Å²) in [6, 6.07) is 14.6. The first-order valence-corrected chi connectivity index (χ1v) is 12.3. The Morgan fingerprint density at radius 1 is 1.06 bits per heavy atom. The Kier molecular flexibility index (Phi) is 5.88. The third kappa shape index (κ3) is 3.79. The van der Waals surface area contributed by atoms with E-state index in [1.54, 1.807) is 30.1 Å². The van der Waals surface area contributed by atoms with Crippen LogP contribution < -0.4 is 5.32 Å². The SMILES string of the molecule is CC1=C(C(=O)N2CCSC2c2ccc(Cl)cc2)C(c2ccc(Cl)c(Cl)c2)n2nccc2N1. The van der Waals surface area contributed by atoms with Gasteiger partial charge in [-0.2, -0.15) is 5.10 Å². The van der Waals surface area contributed by atoms with Crippen LogP contribution in [0.3, 0.4) is 0 Å². The number of benzene rings is 2. The van der Waals surface area contributed by atoms with Gasteiger partial charge in [0.25, 0.3) is 5.91 Å². The molecule has 0 radical (unpaired) electrons. The van der Waals surface area contributed by atoms with Crippen molar-refractivity contribution >= 4 is 58.3 Å². The molecule has 9 heteroatoms. The van der Waals surface area contributed by atoms with Gasteiger partial charge in [0.2, 0.25) is 0 Å². The molecule has 1 amide bonds. The van der Waals surface area contributed by atoms with E-state index < -0.39 is 6.04 Å². The van der Waals surface area contributed by atoms with Gasteiger partial charge in [-0.1, -0.05) is 53.0 Å². The van der Waals surface area contributed by atoms with Gasteiger partial charge in [0.1, 0.15) is 17.2 Å². The highest BCUT2D eigenvalue weighted by atomic mass is 35.5. The van der Waals surface area contributed by atoms with E-state index in [-0.39, 0.29) is 11.3 Å². The summed E-state index contributed by atoms with van der Waals surface area (Å²) >= 11 is 20.3. The van der Waals surface area contributed by atoms with E-state index >= 15 is 0 Å². The number of carbonyl (C=O) groups is 1. The Morgan fingerprint density at radius 2 is 1.81 bits per heavy atom. The summed E-state index contributed by atoms with van der Waals surface area (Å²) in [4.78, 5) is 15.9. The van der Waals surface area contributed by atoms with E-state index in [9.17, 15) is 4.79 Å². The van der Waals surface area contributed by atoms with Gasteiger partial charge in [0.05, 0.1) is 21.8 Å². The molecule has 1 fully saturated rings. The highest BCUT2D eigenvalue weighted by molar-refractivity contribution is 7.99. The number of hydrogen-bond acceptors (Lipinski definition) is 4. The average molecular weight is 506 g/mol. The number of thioether (sulfide) groups is 1. The van der Waals surface area contributed by atoms with Crippen molar-refractivity contribution in [2.45, 2.75) is 18.3 Å². The largest absolute Gasteiger partial charge is 0.344 e. The Bertz CT molecular complexity index is 1220. The van der Waals surface area contributed by atoms with Gasteiger partial charge in [0, 0.05) is 29.1 Å². The predicted octanol–water partition coefficient (Wildman–Crippen LogP) is 6.41. The first-order chi connectivity index (χ1) is 15.4. The number of aromatic nitrogens is 2. The number of allylic oxidation sites excluding steroid dienone is 1. The lowest BCUT2D eigenvalue weighted by atomic mass is 9.94. The quantitative estimate of drug-likeness (QED) is 0.447. The molecule has 164 valence electrons. The second-order valence-corrected chi connectivity index (χ2v) is 10.1. The molecule has 2 atom stereocenters. The molecule has 3 aromatic rings. The molecule has 2 unspecified atom stereocenters. The lowest BCUT2D eigenvalue weighted by Crippen LogP contribution is -2.38. The van der Waals surface area contributed by atoms with E-state index in [4.69, 9.17) is 34.8 Å². The van der Waals surface area contributed by atoms with Crippen LogP contribution in [0.2, 0.25) is 15.1 Å². The number of nitrogens with one attached hydrogen (secondary N) is 1. The molecule has 1 aromatic heterocycles. The van der Waals surface area contributed by atoms with Crippen LogP contribution in [0, 0.1) is 0 Å². The molecule has 0 bridgehead atoms. The Labute approximate surface area is 205 Å². The zero-order chi connectivity index (χ0) is 22.4. The van der Waals surface area contributed by atoms with E-state index in [1.165, 1.54) is 0 Å². The molecular formula is C23H19Cl3N4OS. The first-order valence-electron chi connectivity index (χ1n) is 10.1. The van der Waals surface area contributed by atoms with Gasteiger partial charge in [0.15, 0.2) is 0 Å². The van der Waals surface area contributed by atoms with E-state index in [0.717, 1.165) is 28.4 Å². The van der Waals surface area contributed by atoms with Crippen LogP contribution >= 0.6 is 46.6 Å². The number of amides is 1. The number of anilines is 1. The van der Waals surface area contributed by atoms with Crippen LogP contribution in [0.5, 0.6) is 0 Å². The minimum Gasteiger partial charge on any atom is -0.344 e. The van der Waals surface area contributed by atoms with E-state index in [2.05, 4.69) is 10.4 Å². The fourth-order valence-electron chi connectivity index (χ4n) is 4.21. The van der Waals surface area contributed by atoms with E-state index in [1.807, 2.05) is 52.9 Å². The summed E-state index contributed by atoms with van der Waals surface area (Å²) in [5.41, 5.74) is 3.34. The molecule has 2 aliphatic rings. The highest BCUT2D eigenvalue weighted by Crippen LogP contribution is 2.43. The van der Waals surface area contributed by atoms with Crippen molar-refractivity contribution in [2.24, 2.45) is 0 Å².